The average molecular weight is 260 g/mol. The van der Waals surface area contributed by atoms with Gasteiger partial charge in [-0.05, 0) is 33.1 Å². The molecular formula is C9H17NaO5S. The van der Waals surface area contributed by atoms with Gasteiger partial charge in [-0.15, -0.1) is 0 Å². The molecule has 0 radical (unpaired) electrons. The maximum atomic E-state index is 11.1. The van der Waals surface area contributed by atoms with Gasteiger partial charge >= 0.3 is 29.6 Å². The van der Waals surface area contributed by atoms with Crippen LogP contribution in [-0.2, 0) is 19.6 Å². The van der Waals surface area contributed by atoms with Gasteiger partial charge < -0.3 is 10.9 Å². The Bertz CT molecular complexity index is 366. The summed E-state index contributed by atoms with van der Waals surface area (Å²) in [5.74, 6) is -0.639. The molecule has 1 atom stereocenters. The first-order valence-corrected chi connectivity index (χ1v) is 6.47. The fourth-order valence-corrected chi connectivity index (χ4v) is 3.00. The van der Waals surface area contributed by atoms with Crippen molar-refractivity contribution < 1.29 is 53.4 Å². The molecule has 1 aliphatic heterocycles. The van der Waals surface area contributed by atoms with Crippen LogP contribution in [0.3, 0.4) is 0 Å². The van der Waals surface area contributed by atoms with Crippen LogP contribution in [0.1, 0.15) is 34.5 Å². The van der Waals surface area contributed by atoms with E-state index in [2.05, 4.69) is 0 Å². The zero-order valence-electron chi connectivity index (χ0n) is 10.9. The van der Waals surface area contributed by atoms with Crippen molar-refractivity contribution in [3.63, 3.8) is 0 Å². The van der Waals surface area contributed by atoms with Crippen molar-refractivity contribution in [1.29, 1.82) is 0 Å². The first kappa shape index (κ1) is 14.9. The van der Waals surface area contributed by atoms with E-state index >= 15 is 0 Å². The van der Waals surface area contributed by atoms with Gasteiger partial charge in [0.05, 0.1) is 12.7 Å². The summed E-state index contributed by atoms with van der Waals surface area (Å²) in [7, 11) is -3.95. The first-order chi connectivity index (χ1) is 6.74. The van der Waals surface area contributed by atoms with E-state index in [0.717, 1.165) is 0 Å². The Morgan fingerprint density at radius 3 is 2.31 bits per heavy atom. The van der Waals surface area contributed by atoms with Gasteiger partial charge in [-0.1, -0.05) is 0 Å². The summed E-state index contributed by atoms with van der Waals surface area (Å²) in [6.07, 6.45) is 1.14. The maximum absolute atomic E-state index is 11.1. The van der Waals surface area contributed by atoms with Crippen LogP contribution in [0.4, 0.5) is 0 Å². The van der Waals surface area contributed by atoms with Crippen molar-refractivity contribution in [1.82, 2.24) is 0 Å². The summed E-state index contributed by atoms with van der Waals surface area (Å²) in [6.45, 7) is 3.98. The Kier molecular flexibility index (Phi) is 4.18. The molecule has 16 heavy (non-hydrogen) atoms. The number of rotatable bonds is 3. The van der Waals surface area contributed by atoms with Crippen molar-refractivity contribution in [3.8, 4) is 0 Å². The van der Waals surface area contributed by atoms with E-state index in [-0.39, 0.29) is 37.1 Å². The molecule has 1 saturated heterocycles. The fourth-order valence-electron chi connectivity index (χ4n) is 1.99. The van der Waals surface area contributed by atoms with Crippen LogP contribution >= 0.6 is 0 Å². The molecule has 0 aromatic rings. The molecule has 0 bridgehead atoms. The second-order valence-electron chi connectivity index (χ2n) is 4.81. The summed E-state index contributed by atoms with van der Waals surface area (Å²) in [5.41, 5.74) is 0. The zero-order valence-corrected chi connectivity index (χ0v) is 12.7. The van der Waals surface area contributed by atoms with Gasteiger partial charge in [0, 0.05) is 0 Å². The van der Waals surface area contributed by atoms with E-state index in [1.807, 2.05) is 0 Å². The summed E-state index contributed by atoms with van der Waals surface area (Å²) >= 11 is 0. The largest absolute Gasteiger partial charge is 1.00 e. The van der Waals surface area contributed by atoms with Gasteiger partial charge in [0.1, 0.15) is 4.75 Å². The fraction of sp³-hybridized carbons (Fsp3) is 1.00. The second-order valence-corrected chi connectivity index (χ2v) is 6.63. The molecule has 90 valence electrons. The van der Waals surface area contributed by atoms with Crippen molar-refractivity contribution in [2.24, 2.45) is 0 Å². The minimum atomic E-state index is -3.95. The molecule has 0 amide bonds. The van der Waals surface area contributed by atoms with Gasteiger partial charge in [-0.3, -0.25) is 4.55 Å². The molecule has 5 nitrogen and oxygen atoms in total. The number of hydrogen-bond acceptors (Lipinski definition) is 4. The van der Waals surface area contributed by atoms with E-state index in [9.17, 15) is 8.42 Å². The first-order valence-electron chi connectivity index (χ1n) is 5.03. The van der Waals surface area contributed by atoms with Crippen LogP contribution in [0.15, 0.2) is 0 Å². The van der Waals surface area contributed by atoms with E-state index in [4.69, 9.17) is 14.0 Å². The minimum Gasteiger partial charge on any atom is -1.00 e. The topological polar surface area (TPSA) is 72.8 Å². The third-order valence-corrected chi connectivity index (χ3v) is 4.69. The summed E-state index contributed by atoms with van der Waals surface area (Å²) in [4.78, 5) is 0. The van der Waals surface area contributed by atoms with Gasteiger partial charge in [-0.25, -0.2) is 0 Å². The summed E-state index contributed by atoms with van der Waals surface area (Å²) in [5, 5.41) is 0. The Morgan fingerprint density at radius 2 is 2.00 bits per heavy atom. The third-order valence-electron chi connectivity index (χ3n) is 3.02. The van der Waals surface area contributed by atoms with Gasteiger partial charge in [-0.2, -0.15) is 8.42 Å². The molecule has 0 spiro atoms. The van der Waals surface area contributed by atoms with E-state index in [1.165, 1.54) is 0 Å². The van der Waals surface area contributed by atoms with Crippen molar-refractivity contribution in [2.45, 2.75) is 49.7 Å². The number of hydrogen-bond donors (Lipinski definition) is 1. The molecular weight excluding hydrogens is 243 g/mol. The third kappa shape index (κ3) is 2.98. The molecule has 0 aromatic heterocycles. The standard InChI is InChI=1S/C9H16O5S.Na.H/c1-8(2)13-6-7(14-8)5-9(3-4-9)15(10,11)12;;/h7H,3-6H2,1-2H3,(H,10,11,12);;/q;+1;-1/t7-;;/m1../s1. The van der Waals surface area contributed by atoms with Gasteiger partial charge in [0.15, 0.2) is 5.79 Å². The Morgan fingerprint density at radius 1 is 1.44 bits per heavy atom. The van der Waals surface area contributed by atoms with Gasteiger partial charge in [0.25, 0.3) is 10.1 Å². The minimum absolute atomic E-state index is 0. The average Bonchev–Trinajstić information content (AvgIpc) is 2.73. The molecule has 7 heteroatoms. The van der Waals surface area contributed by atoms with Crippen molar-refractivity contribution in [2.75, 3.05) is 6.61 Å². The summed E-state index contributed by atoms with van der Waals surface area (Å²) in [6, 6.07) is 0. The van der Waals surface area contributed by atoms with Crippen LogP contribution in [0.5, 0.6) is 0 Å². The molecule has 0 unspecified atom stereocenters. The SMILES string of the molecule is CC1(C)OC[C@@H](CC2(S(=O)(=O)O)CC2)O1.[H-].[Na+]. The van der Waals surface area contributed by atoms with Gasteiger partial charge in [0.2, 0.25) is 0 Å². The molecule has 1 aliphatic carbocycles. The molecule has 2 rings (SSSR count). The normalized spacial score (nSPS) is 30.8. The Labute approximate surface area is 119 Å². The predicted molar refractivity (Wildman–Crippen MR) is 54.1 cm³/mol. The van der Waals surface area contributed by atoms with E-state index in [0.29, 0.717) is 25.9 Å². The summed E-state index contributed by atoms with van der Waals surface area (Å²) < 4.78 is 41.2. The molecule has 1 saturated carbocycles. The molecule has 0 aromatic carbocycles. The zero-order chi connectivity index (χ0) is 11.3. The smallest absolute Gasteiger partial charge is 1.00 e. The van der Waals surface area contributed by atoms with Crippen LogP contribution in [0, 0.1) is 0 Å². The molecule has 2 fully saturated rings. The van der Waals surface area contributed by atoms with Crippen molar-refractivity contribution in [3.05, 3.63) is 0 Å². The molecule has 1 N–H and O–H groups in total. The van der Waals surface area contributed by atoms with E-state index < -0.39 is 20.7 Å². The van der Waals surface area contributed by atoms with Crippen LogP contribution in [0.25, 0.3) is 0 Å². The maximum Gasteiger partial charge on any atom is 1.00 e. The number of ether oxygens (including phenoxy) is 2. The second kappa shape index (κ2) is 4.50. The van der Waals surface area contributed by atoms with Crippen LogP contribution in [-0.4, -0.2) is 36.2 Å². The Hall–Kier alpha value is 0.830. The molecule has 2 aliphatic rings. The van der Waals surface area contributed by atoms with Crippen LogP contribution < -0.4 is 29.6 Å². The van der Waals surface area contributed by atoms with E-state index in [1.54, 1.807) is 13.8 Å². The Balaban J connectivity index is 0.00000128. The van der Waals surface area contributed by atoms with Crippen LogP contribution in [0.2, 0.25) is 0 Å². The predicted octanol–water partition coefficient (Wildman–Crippen LogP) is -1.94. The monoisotopic (exact) mass is 260 g/mol. The quantitative estimate of drug-likeness (QED) is 0.472. The van der Waals surface area contributed by atoms with Crippen molar-refractivity contribution >= 4 is 10.1 Å². The molecule has 1 heterocycles.